The Morgan fingerprint density at radius 2 is 2.40 bits per heavy atom. The maximum absolute atomic E-state index is 12.8. The molecule has 1 atom stereocenters. The third kappa shape index (κ3) is 2.83. The topological polar surface area (TPSA) is 21.3 Å². The second-order valence-electron chi connectivity index (χ2n) is 3.68. The van der Waals surface area contributed by atoms with Gasteiger partial charge >= 0.3 is 0 Å². The highest BCUT2D eigenvalue weighted by atomic mass is 35.5. The fraction of sp³-hybridized carbons (Fsp3) is 0.455. The van der Waals surface area contributed by atoms with E-state index in [-0.39, 0.29) is 5.02 Å². The Kier molecular flexibility index (Phi) is 3.44. The van der Waals surface area contributed by atoms with E-state index < -0.39 is 5.82 Å². The molecule has 1 aliphatic heterocycles. The Morgan fingerprint density at radius 1 is 1.53 bits per heavy atom. The molecule has 1 aliphatic rings. The van der Waals surface area contributed by atoms with Crippen molar-refractivity contribution in [2.24, 2.45) is 0 Å². The van der Waals surface area contributed by atoms with E-state index >= 15 is 0 Å². The first-order valence-electron chi connectivity index (χ1n) is 5.07. The monoisotopic (exact) mass is 229 g/mol. The molecule has 1 fully saturated rings. The molecule has 1 heterocycles. The predicted octanol–water partition coefficient (Wildman–Crippen LogP) is 2.61. The molecular formula is C11H13ClFNO. The van der Waals surface area contributed by atoms with Gasteiger partial charge in [0.15, 0.2) is 0 Å². The fourth-order valence-corrected chi connectivity index (χ4v) is 1.83. The lowest BCUT2D eigenvalue weighted by molar-refractivity contribution is 0.277. The van der Waals surface area contributed by atoms with E-state index in [4.69, 9.17) is 16.3 Å². The van der Waals surface area contributed by atoms with Crippen molar-refractivity contribution >= 4 is 11.6 Å². The first-order valence-corrected chi connectivity index (χ1v) is 5.45. The maximum Gasteiger partial charge on any atom is 0.142 e. The van der Waals surface area contributed by atoms with E-state index in [1.807, 2.05) is 0 Å². The molecular weight excluding hydrogens is 217 g/mol. The van der Waals surface area contributed by atoms with Gasteiger partial charge in [-0.3, -0.25) is 0 Å². The van der Waals surface area contributed by atoms with Crippen LogP contribution in [-0.4, -0.2) is 19.2 Å². The zero-order valence-electron chi connectivity index (χ0n) is 8.30. The van der Waals surface area contributed by atoms with Gasteiger partial charge in [-0.15, -0.1) is 0 Å². The Balaban J connectivity index is 1.90. The largest absolute Gasteiger partial charge is 0.492 e. The Labute approximate surface area is 93.4 Å². The number of ether oxygens (including phenoxy) is 1. The van der Waals surface area contributed by atoms with Gasteiger partial charge in [0.25, 0.3) is 0 Å². The molecule has 15 heavy (non-hydrogen) atoms. The van der Waals surface area contributed by atoms with Crippen molar-refractivity contribution in [2.75, 3.05) is 13.2 Å². The highest BCUT2D eigenvalue weighted by Crippen LogP contribution is 2.21. The summed E-state index contributed by atoms with van der Waals surface area (Å²) >= 11 is 5.64. The summed E-state index contributed by atoms with van der Waals surface area (Å²) in [5, 5.41) is 3.42. The molecule has 1 N–H and O–H groups in total. The van der Waals surface area contributed by atoms with Crippen LogP contribution >= 0.6 is 11.6 Å². The molecule has 1 saturated heterocycles. The van der Waals surface area contributed by atoms with Gasteiger partial charge in [-0.2, -0.15) is 0 Å². The van der Waals surface area contributed by atoms with E-state index in [2.05, 4.69) is 5.32 Å². The second kappa shape index (κ2) is 4.81. The number of hydrogen-bond acceptors (Lipinski definition) is 2. The van der Waals surface area contributed by atoms with Crippen LogP contribution < -0.4 is 10.1 Å². The quantitative estimate of drug-likeness (QED) is 0.861. The molecule has 1 aromatic carbocycles. The lowest BCUT2D eigenvalue weighted by Crippen LogP contribution is -2.28. The smallest absolute Gasteiger partial charge is 0.142 e. The molecule has 82 valence electrons. The van der Waals surface area contributed by atoms with E-state index in [0.29, 0.717) is 18.4 Å². The highest BCUT2D eigenvalue weighted by molar-refractivity contribution is 6.30. The molecule has 0 amide bonds. The molecule has 0 saturated carbocycles. The molecule has 4 heteroatoms. The first kappa shape index (κ1) is 10.7. The van der Waals surface area contributed by atoms with Crippen molar-refractivity contribution in [3.63, 3.8) is 0 Å². The molecule has 2 rings (SSSR count). The fourth-order valence-electron chi connectivity index (χ4n) is 1.66. The van der Waals surface area contributed by atoms with Crippen LogP contribution in [0.25, 0.3) is 0 Å². The summed E-state index contributed by atoms with van der Waals surface area (Å²) in [6, 6.07) is 4.83. The van der Waals surface area contributed by atoms with E-state index in [1.54, 1.807) is 6.07 Å². The third-order valence-corrected chi connectivity index (χ3v) is 2.79. The van der Waals surface area contributed by atoms with Gasteiger partial charge in [0.05, 0.1) is 5.02 Å². The summed E-state index contributed by atoms with van der Waals surface area (Å²) in [5.74, 6) is 0.207. The molecule has 2 nitrogen and oxygen atoms in total. The SMILES string of the molecule is Fc1ccc(OC[C@@H]2CCCN2)cc1Cl. The zero-order valence-corrected chi connectivity index (χ0v) is 9.06. The number of halogens is 2. The normalized spacial score (nSPS) is 20.5. The van der Waals surface area contributed by atoms with E-state index in [9.17, 15) is 4.39 Å². The summed E-state index contributed by atoms with van der Waals surface area (Å²) in [5.41, 5.74) is 0. The summed E-state index contributed by atoms with van der Waals surface area (Å²) in [7, 11) is 0. The van der Waals surface area contributed by atoms with Crippen LogP contribution in [0.2, 0.25) is 5.02 Å². The molecule has 0 bridgehead atoms. The average molecular weight is 230 g/mol. The number of nitrogens with one attached hydrogen (secondary N) is 1. The average Bonchev–Trinajstić information content (AvgIpc) is 2.73. The molecule has 0 aliphatic carbocycles. The van der Waals surface area contributed by atoms with Gasteiger partial charge in [0.2, 0.25) is 0 Å². The molecule has 0 radical (unpaired) electrons. The van der Waals surface area contributed by atoms with Crippen molar-refractivity contribution < 1.29 is 9.13 Å². The summed E-state index contributed by atoms with van der Waals surface area (Å²) < 4.78 is 18.4. The van der Waals surface area contributed by atoms with Crippen molar-refractivity contribution in [3.8, 4) is 5.75 Å². The Hall–Kier alpha value is -0.800. The molecule has 0 unspecified atom stereocenters. The van der Waals surface area contributed by atoms with Gasteiger partial charge in [-0.25, -0.2) is 4.39 Å². The van der Waals surface area contributed by atoms with Crippen LogP contribution in [0, 0.1) is 5.82 Å². The minimum Gasteiger partial charge on any atom is -0.492 e. The number of benzene rings is 1. The van der Waals surface area contributed by atoms with Crippen LogP contribution in [0.1, 0.15) is 12.8 Å². The van der Waals surface area contributed by atoms with Gasteiger partial charge < -0.3 is 10.1 Å². The van der Waals surface area contributed by atoms with Gasteiger partial charge in [-0.1, -0.05) is 11.6 Å². The predicted molar refractivity (Wildman–Crippen MR) is 57.9 cm³/mol. The van der Waals surface area contributed by atoms with Crippen LogP contribution in [0.5, 0.6) is 5.75 Å². The summed E-state index contributed by atoms with van der Waals surface area (Å²) in [4.78, 5) is 0. The van der Waals surface area contributed by atoms with Crippen molar-refractivity contribution in [2.45, 2.75) is 18.9 Å². The van der Waals surface area contributed by atoms with Gasteiger partial charge in [-0.05, 0) is 31.5 Å². The minimum absolute atomic E-state index is 0.104. The van der Waals surface area contributed by atoms with Crippen LogP contribution in [0.3, 0.4) is 0 Å². The van der Waals surface area contributed by atoms with Gasteiger partial charge in [0, 0.05) is 12.1 Å². The maximum atomic E-state index is 12.8. The first-order chi connectivity index (χ1) is 7.25. The van der Waals surface area contributed by atoms with Crippen LogP contribution in [-0.2, 0) is 0 Å². The summed E-state index contributed by atoms with van der Waals surface area (Å²) in [6.45, 7) is 1.67. The van der Waals surface area contributed by atoms with E-state index in [0.717, 1.165) is 13.0 Å². The van der Waals surface area contributed by atoms with Crippen LogP contribution in [0.15, 0.2) is 18.2 Å². The van der Waals surface area contributed by atoms with Crippen LogP contribution in [0.4, 0.5) is 4.39 Å². The third-order valence-electron chi connectivity index (χ3n) is 2.50. The Bertz CT molecular complexity index is 339. The van der Waals surface area contributed by atoms with Crippen molar-refractivity contribution in [3.05, 3.63) is 29.0 Å². The minimum atomic E-state index is -0.414. The highest BCUT2D eigenvalue weighted by Gasteiger charge is 2.14. The summed E-state index contributed by atoms with van der Waals surface area (Å²) in [6.07, 6.45) is 2.33. The van der Waals surface area contributed by atoms with Crippen molar-refractivity contribution in [1.29, 1.82) is 0 Å². The Morgan fingerprint density at radius 3 is 3.07 bits per heavy atom. The number of rotatable bonds is 3. The zero-order chi connectivity index (χ0) is 10.7. The standard InChI is InChI=1S/C11H13ClFNO/c12-10-6-9(3-4-11(10)13)15-7-8-2-1-5-14-8/h3-4,6,8,14H,1-2,5,7H2/t8-/m0/s1. The lowest BCUT2D eigenvalue weighted by atomic mass is 10.2. The van der Waals surface area contributed by atoms with E-state index in [1.165, 1.54) is 18.6 Å². The second-order valence-corrected chi connectivity index (χ2v) is 4.09. The molecule has 0 aromatic heterocycles. The molecule has 0 spiro atoms. The molecule has 1 aromatic rings. The number of hydrogen-bond donors (Lipinski definition) is 1. The van der Waals surface area contributed by atoms with Gasteiger partial charge in [0.1, 0.15) is 18.2 Å². The van der Waals surface area contributed by atoms with Crippen molar-refractivity contribution in [1.82, 2.24) is 5.32 Å². The lowest BCUT2D eigenvalue weighted by Gasteiger charge is -2.12.